The zero-order valence-electron chi connectivity index (χ0n) is 9.29. The summed E-state index contributed by atoms with van der Waals surface area (Å²) in [5, 5.41) is 10.6. The average molecular weight is 267 g/mol. The van der Waals surface area contributed by atoms with Crippen molar-refractivity contribution in [1.29, 1.82) is 0 Å². The summed E-state index contributed by atoms with van der Waals surface area (Å²) in [5.41, 5.74) is -0.808. The van der Waals surface area contributed by atoms with Crippen molar-refractivity contribution < 1.29 is 32.6 Å². The van der Waals surface area contributed by atoms with Gasteiger partial charge in [0, 0.05) is 6.54 Å². The SMILES string of the molecule is O=C(O)C1COC2(CNC(=O)C(F)(F)F)CC1C2. The van der Waals surface area contributed by atoms with Crippen molar-refractivity contribution in [3.63, 3.8) is 0 Å². The summed E-state index contributed by atoms with van der Waals surface area (Å²) in [4.78, 5) is 21.4. The molecule has 3 fully saturated rings. The molecule has 3 rings (SSSR count). The zero-order chi connectivity index (χ0) is 13.6. The lowest BCUT2D eigenvalue weighted by Gasteiger charge is -2.54. The Morgan fingerprint density at radius 2 is 2.00 bits per heavy atom. The third-order valence-corrected chi connectivity index (χ3v) is 3.55. The highest BCUT2D eigenvalue weighted by Crippen LogP contribution is 2.49. The molecule has 0 aromatic heterocycles. The van der Waals surface area contributed by atoms with Crippen LogP contribution in [0.4, 0.5) is 13.2 Å². The quantitative estimate of drug-likeness (QED) is 0.782. The first kappa shape index (κ1) is 13.1. The molecule has 2 saturated heterocycles. The molecular formula is C10H12F3NO4. The molecule has 2 aliphatic heterocycles. The van der Waals surface area contributed by atoms with Gasteiger partial charge >= 0.3 is 18.1 Å². The minimum absolute atomic E-state index is 0.0120. The van der Waals surface area contributed by atoms with Crippen LogP contribution in [0.5, 0.6) is 0 Å². The molecule has 5 nitrogen and oxygen atoms in total. The summed E-state index contributed by atoms with van der Waals surface area (Å²) in [6.45, 7) is -0.240. The van der Waals surface area contributed by atoms with E-state index in [1.165, 1.54) is 0 Å². The van der Waals surface area contributed by atoms with Crippen molar-refractivity contribution in [1.82, 2.24) is 5.32 Å². The van der Waals surface area contributed by atoms with Gasteiger partial charge in [0.1, 0.15) is 0 Å². The highest BCUT2D eigenvalue weighted by molar-refractivity contribution is 5.81. The van der Waals surface area contributed by atoms with E-state index in [-0.39, 0.29) is 19.1 Å². The Balaban J connectivity index is 1.84. The molecule has 3 aliphatic rings. The second kappa shape index (κ2) is 4.11. The van der Waals surface area contributed by atoms with Gasteiger partial charge < -0.3 is 15.2 Å². The van der Waals surface area contributed by atoms with E-state index in [0.717, 1.165) is 0 Å². The topological polar surface area (TPSA) is 75.6 Å². The van der Waals surface area contributed by atoms with Crippen molar-refractivity contribution >= 4 is 11.9 Å². The lowest BCUT2D eigenvalue weighted by Crippen LogP contribution is -2.62. The molecule has 2 bridgehead atoms. The van der Waals surface area contributed by atoms with Crippen LogP contribution in [0.2, 0.25) is 0 Å². The summed E-state index contributed by atoms with van der Waals surface area (Å²) in [6, 6.07) is 0. The van der Waals surface area contributed by atoms with Gasteiger partial charge in [0.25, 0.3) is 0 Å². The molecule has 0 aromatic carbocycles. The Morgan fingerprint density at radius 3 is 2.39 bits per heavy atom. The third-order valence-electron chi connectivity index (χ3n) is 3.55. The monoisotopic (exact) mass is 267 g/mol. The number of ether oxygens (including phenoxy) is 1. The van der Waals surface area contributed by atoms with Crippen LogP contribution in [0, 0.1) is 11.8 Å². The number of carbonyl (C=O) groups is 2. The number of halogens is 3. The maximum Gasteiger partial charge on any atom is 0.471 e. The summed E-state index contributed by atoms with van der Waals surface area (Å²) in [5.74, 6) is -3.61. The molecule has 0 radical (unpaired) electrons. The fourth-order valence-electron chi connectivity index (χ4n) is 2.51. The van der Waals surface area contributed by atoms with Gasteiger partial charge in [-0.1, -0.05) is 0 Å². The van der Waals surface area contributed by atoms with E-state index in [1.54, 1.807) is 5.32 Å². The fourth-order valence-corrected chi connectivity index (χ4v) is 2.51. The number of carboxylic acids is 1. The second-order valence-electron chi connectivity index (χ2n) is 4.79. The van der Waals surface area contributed by atoms with Gasteiger partial charge in [-0.3, -0.25) is 9.59 Å². The number of rotatable bonds is 3. The number of fused-ring (bicyclic) bond motifs is 2. The van der Waals surface area contributed by atoms with E-state index in [4.69, 9.17) is 9.84 Å². The van der Waals surface area contributed by atoms with Gasteiger partial charge in [-0.15, -0.1) is 0 Å². The van der Waals surface area contributed by atoms with E-state index >= 15 is 0 Å². The van der Waals surface area contributed by atoms with Crippen LogP contribution in [-0.2, 0) is 14.3 Å². The van der Waals surface area contributed by atoms with E-state index in [2.05, 4.69) is 0 Å². The third kappa shape index (κ3) is 2.29. The predicted molar refractivity (Wildman–Crippen MR) is 51.6 cm³/mol. The summed E-state index contributed by atoms with van der Waals surface area (Å²) < 4.78 is 41.2. The number of carbonyl (C=O) groups excluding carboxylic acids is 1. The highest BCUT2D eigenvalue weighted by Gasteiger charge is 2.55. The number of nitrogens with one attached hydrogen (secondary N) is 1. The minimum Gasteiger partial charge on any atom is -0.481 e. The number of hydrogen-bond acceptors (Lipinski definition) is 3. The second-order valence-corrected chi connectivity index (χ2v) is 4.79. The molecule has 0 spiro atoms. The van der Waals surface area contributed by atoms with Crippen molar-refractivity contribution in [2.75, 3.05) is 13.2 Å². The number of aliphatic carboxylic acids is 1. The van der Waals surface area contributed by atoms with Gasteiger partial charge in [-0.05, 0) is 18.8 Å². The Morgan fingerprint density at radius 1 is 1.39 bits per heavy atom. The molecule has 102 valence electrons. The molecule has 1 amide bonds. The maximum absolute atomic E-state index is 12.0. The molecule has 1 aliphatic carbocycles. The van der Waals surface area contributed by atoms with E-state index in [1.807, 2.05) is 0 Å². The predicted octanol–water partition coefficient (Wildman–Crippen LogP) is 0.545. The van der Waals surface area contributed by atoms with Crippen molar-refractivity contribution in [3.05, 3.63) is 0 Å². The highest BCUT2D eigenvalue weighted by atomic mass is 19.4. The Bertz CT molecular complexity index is 370. The van der Waals surface area contributed by atoms with Crippen LogP contribution in [0.15, 0.2) is 0 Å². The van der Waals surface area contributed by atoms with Crippen molar-refractivity contribution in [2.45, 2.75) is 24.6 Å². The summed E-state index contributed by atoms with van der Waals surface area (Å²) >= 11 is 0. The van der Waals surface area contributed by atoms with Gasteiger partial charge in [0.05, 0.1) is 18.1 Å². The molecule has 8 heteroatoms. The van der Waals surface area contributed by atoms with Crippen LogP contribution in [0.1, 0.15) is 12.8 Å². The average Bonchev–Trinajstić information content (AvgIpc) is 2.23. The Kier molecular flexibility index (Phi) is 3.00. The molecular weight excluding hydrogens is 255 g/mol. The van der Waals surface area contributed by atoms with Crippen LogP contribution in [-0.4, -0.2) is 41.9 Å². The van der Waals surface area contributed by atoms with E-state index < -0.39 is 29.6 Å². The van der Waals surface area contributed by atoms with E-state index in [0.29, 0.717) is 12.8 Å². The first-order valence-electron chi connectivity index (χ1n) is 5.45. The smallest absolute Gasteiger partial charge is 0.471 e. The maximum atomic E-state index is 12.0. The standard InChI is InChI=1S/C10H12F3NO4/c11-10(12,13)8(17)14-4-9-1-5(2-9)6(3-18-9)7(15)16/h5-6H,1-4H2,(H,14,17)(H,15,16). The zero-order valence-corrected chi connectivity index (χ0v) is 9.29. The Labute approximate surface area is 100 Å². The summed E-state index contributed by atoms with van der Waals surface area (Å²) in [6.07, 6.45) is -4.15. The van der Waals surface area contributed by atoms with Crippen molar-refractivity contribution in [3.8, 4) is 0 Å². The number of carboxylic acid groups (broad SMARTS) is 1. The first-order chi connectivity index (χ1) is 8.23. The van der Waals surface area contributed by atoms with E-state index in [9.17, 15) is 22.8 Å². The molecule has 2 N–H and O–H groups in total. The number of amides is 1. The van der Waals surface area contributed by atoms with Crippen LogP contribution in [0.25, 0.3) is 0 Å². The molecule has 1 atom stereocenters. The Hall–Kier alpha value is -1.31. The van der Waals surface area contributed by atoms with Gasteiger partial charge in [0.15, 0.2) is 0 Å². The largest absolute Gasteiger partial charge is 0.481 e. The van der Waals surface area contributed by atoms with Gasteiger partial charge in [-0.2, -0.15) is 13.2 Å². The normalized spacial score (nSPS) is 34.6. The van der Waals surface area contributed by atoms with Gasteiger partial charge in [0.2, 0.25) is 0 Å². The number of hydrogen-bond donors (Lipinski definition) is 2. The minimum atomic E-state index is -4.90. The molecule has 0 aromatic rings. The van der Waals surface area contributed by atoms with Crippen LogP contribution < -0.4 is 5.32 Å². The molecule has 18 heavy (non-hydrogen) atoms. The van der Waals surface area contributed by atoms with Crippen molar-refractivity contribution in [2.24, 2.45) is 11.8 Å². The first-order valence-corrected chi connectivity index (χ1v) is 5.45. The molecule has 1 saturated carbocycles. The lowest BCUT2D eigenvalue weighted by atomic mass is 9.63. The fraction of sp³-hybridized carbons (Fsp3) is 0.800. The summed E-state index contributed by atoms with van der Waals surface area (Å²) in [7, 11) is 0. The number of alkyl halides is 3. The van der Waals surface area contributed by atoms with Gasteiger partial charge in [-0.25, -0.2) is 0 Å². The van der Waals surface area contributed by atoms with Crippen LogP contribution >= 0.6 is 0 Å². The van der Waals surface area contributed by atoms with Crippen LogP contribution in [0.3, 0.4) is 0 Å². The molecule has 2 heterocycles. The lowest BCUT2D eigenvalue weighted by molar-refractivity contribution is -0.214. The molecule has 1 unspecified atom stereocenters.